The summed E-state index contributed by atoms with van der Waals surface area (Å²) in [4.78, 5) is 22.0. The molecule has 1 unspecified atom stereocenters. The van der Waals surface area contributed by atoms with Crippen LogP contribution < -0.4 is 10.1 Å². The van der Waals surface area contributed by atoms with Crippen molar-refractivity contribution >= 4 is 11.7 Å². The van der Waals surface area contributed by atoms with Crippen molar-refractivity contribution in [1.29, 1.82) is 0 Å². The molecule has 0 radical (unpaired) electrons. The zero-order valence-corrected chi connectivity index (χ0v) is 17.6. The number of anilines is 1. The first-order chi connectivity index (χ1) is 15.7. The Balaban J connectivity index is 1.56. The first kappa shape index (κ1) is 19.9. The van der Waals surface area contributed by atoms with Crippen LogP contribution in [0.4, 0.5) is 5.82 Å². The highest BCUT2D eigenvalue weighted by molar-refractivity contribution is 6.06. The summed E-state index contributed by atoms with van der Waals surface area (Å²) in [5.41, 5.74) is 3.00. The minimum absolute atomic E-state index is 0.0628. The molecule has 1 aliphatic heterocycles. The maximum Gasteiger partial charge on any atom is 0.260 e. The highest BCUT2D eigenvalue weighted by atomic mass is 16.5. The average Bonchev–Trinajstić information content (AvgIpc) is 3.28. The molecule has 0 aliphatic carbocycles. The SMILES string of the molecule is CC1CCCn2cnnc2-c2cccc(n2)NC(=O)c2cc(-c3ccncc3)ccc2O1. The van der Waals surface area contributed by atoms with Crippen LogP contribution in [0.5, 0.6) is 5.75 Å². The molecule has 4 heterocycles. The second-order valence-corrected chi connectivity index (χ2v) is 7.73. The van der Waals surface area contributed by atoms with E-state index >= 15 is 0 Å². The van der Waals surface area contributed by atoms with E-state index in [0.29, 0.717) is 28.6 Å². The second-order valence-electron chi connectivity index (χ2n) is 7.73. The highest BCUT2D eigenvalue weighted by Gasteiger charge is 2.19. The molecule has 1 atom stereocenters. The Morgan fingerprint density at radius 3 is 2.84 bits per heavy atom. The van der Waals surface area contributed by atoms with Crippen LogP contribution >= 0.6 is 0 Å². The number of ether oxygens (including phenoxy) is 1. The Morgan fingerprint density at radius 1 is 1.09 bits per heavy atom. The van der Waals surface area contributed by atoms with Crippen molar-refractivity contribution in [3.63, 3.8) is 0 Å². The molecule has 0 saturated heterocycles. The lowest BCUT2D eigenvalue weighted by Gasteiger charge is -2.19. The second kappa shape index (κ2) is 8.58. The number of benzene rings is 1. The molecule has 8 nitrogen and oxygen atoms in total. The third-order valence-electron chi connectivity index (χ3n) is 5.41. The van der Waals surface area contributed by atoms with Crippen LogP contribution in [0.15, 0.2) is 67.3 Å². The molecule has 8 heteroatoms. The Labute approximate surface area is 185 Å². The van der Waals surface area contributed by atoms with Crippen LogP contribution in [0, 0.1) is 0 Å². The van der Waals surface area contributed by atoms with Crippen molar-refractivity contribution < 1.29 is 9.53 Å². The fraction of sp³-hybridized carbons (Fsp3) is 0.208. The standard InChI is InChI=1S/C24H22N6O2/c1-16-4-3-13-30-15-26-29-23(30)20-5-2-6-22(27-20)28-24(31)19-14-18(7-8-21(19)32-16)17-9-11-25-12-10-17/h2,5-12,14-16H,3-4,13H2,1H3,(H,27,28,31). The number of nitrogens with one attached hydrogen (secondary N) is 1. The van der Waals surface area contributed by atoms with Gasteiger partial charge in [-0.05, 0) is 67.3 Å². The number of aryl methyl sites for hydroxylation is 1. The topological polar surface area (TPSA) is 94.8 Å². The number of carbonyl (C=O) groups is 1. The zero-order chi connectivity index (χ0) is 21.9. The molecule has 0 spiro atoms. The van der Waals surface area contributed by atoms with Crippen LogP contribution in [0.3, 0.4) is 0 Å². The van der Waals surface area contributed by atoms with E-state index < -0.39 is 0 Å². The number of hydrogen-bond donors (Lipinski definition) is 1. The van der Waals surface area contributed by atoms with Gasteiger partial charge < -0.3 is 14.6 Å². The summed E-state index contributed by atoms with van der Waals surface area (Å²) >= 11 is 0. The number of fused-ring (bicyclic) bond motifs is 5. The number of amides is 1. The van der Waals surface area contributed by atoms with Gasteiger partial charge in [0.05, 0.1) is 11.7 Å². The summed E-state index contributed by atoms with van der Waals surface area (Å²) < 4.78 is 8.17. The van der Waals surface area contributed by atoms with Gasteiger partial charge in [0, 0.05) is 18.9 Å². The summed E-state index contributed by atoms with van der Waals surface area (Å²) in [5.74, 6) is 1.37. The molecule has 0 fully saturated rings. The Bertz CT molecular complexity index is 1250. The van der Waals surface area contributed by atoms with Gasteiger partial charge in [-0.3, -0.25) is 9.78 Å². The summed E-state index contributed by atoms with van der Waals surface area (Å²) in [6.45, 7) is 2.77. The number of pyridine rings is 2. The fourth-order valence-corrected chi connectivity index (χ4v) is 3.79. The monoisotopic (exact) mass is 426 g/mol. The van der Waals surface area contributed by atoms with Gasteiger partial charge in [0.25, 0.3) is 5.91 Å². The zero-order valence-electron chi connectivity index (χ0n) is 17.6. The van der Waals surface area contributed by atoms with Gasteiger partial charge >= 0.3 is 0 Å². The lowest BCUT2D eigenvalue weighted by atomic mass is 10.0. The number of rotatable bonds is 1. The van der Waals surface area contributed by atoms with Crippen LogP contribution in [0.25, 0.3) is 22.6 Å². The van der Waals surface area contributed by atoms with Crippen LogP contribution in [0.2, 0.25) is 0 Å². The molecule has 1 aliphatic rings. The lowest BCUT2D eigenvalue weighted by Crippen LogP contribution is -2.19. The largest absolute Gasteiger partial charge is 0.490 e. The first-order valence-corrected chi connectivity index (χ1v) is 10.5. The predicted molar refractivity (Wildman–Crippen MR) is 120 cm³/mol. The van der Waals surface area contributed by atoms with E-state index in [-0.39, 0.29) is 12.0 Å². The molecule has 1 aromatic carbocycles. The van der Waals surface area contributed by atoms with E-state index in [4.69, 9.17) is 4.74 Å². The van der Waals surface area contributed by atoms with Crippen LogP contribution in [-0.2, 0) is 6.54 Å². The lowest BCUT2D eigenvalue weighted by molar-refractivity contribution is 0.101. The molecule has 1 amide bonds. The summed E-state index contributed by atoms with van der Waals surface area (Å²) in [6, 6.07) is 14.9. The molecular weight excluding hydrogens is 404 g/mol. The Kier molecular flexibility index (Phi) is 5.33. The highest BCUT2D eigenvalue weighted by Crippen LogP contribution is 2.29. The predicted octanol–water partition coefficient (Wildman–Crippen LogP) is 4.22. The molecule has 32 heavy (non-hydrogen) atoms. The van der Waals surface area contributed by atoms with Gasteiger partial charge in [0.15, 0.2) is 5.82 Å². The van der Waals surface area contributed by atoms with Gasteiger partial charge in [-0.2, -0.15) is 0 Å². The van der Waals surface area contributed by atoms with Gasteiger partial charge in [-0.15, -0.1) is 10.2 Å². The maximum atomic E-state index is 13.3. The number of carbonyl (C=O) groups excluding carboxylic acids is 1. The Hall–Kier alpha value is -4.07. The quantitative estimate of drug-likeness (QED) is 0.490. The van der Waals surface area contributed by atoms with Crippen LogP contribution in [0.1, 0.15) is 30.1 Å². The van der Waals surface area contributed by atoms with Crippen LogP contribution in [-0.4, -0.2) is 36.7 Å². The molecule has 160 valence electrons. The average molecular weight is 426 g/mol. The van der Waals surface area contributed by atoms with E-state index in [0.717, 1.165) is 30.5 Å². The van der Waals surface area contributed by atoms with Gasteiger partial charge in [0.1, 0.15) is 23.6 Å². The van der Waals surface area contributed by atoms with Crippen molar-refractivity contribution in [1.82, 2.24) is 24.7 Å². The summed E-state index contributed by atoms with van der Waals surface area (Å²) in [5, 5.41) is 11.2. The van der Waals surface area contributed by atoms with Crippen molar-refractivity contribution in [3.8, 4) is 28.4 Å². The molecule has 3 aromatic heterocycles. The van der Waals surface area contributed by atoms with E-state index in [9.17, 15) is 4.79 Å². The van der Waals surface area contributed by atoms with E-state index in [1.165, 1.54) is 0 Å². The van der Waals surface area contributed by atoms with Crippen molar-refractivity contribution in [2.24, 2.45) is 0 Å². The number of nitrogens with zero attached hydrogens (tertiary/aromatic N) is 5. The molecule has 0 saturated carbocycles. The third kappa shape index (κ3) is 4.07. The Morgan fingerprint density at radius 2 is 1.97 bits per heavy atom. The van der Waals surface area contributed by atoms with E-state index in [1.807, 2.05) is 54.0 Å². The minimum Gasteiger partial charge on any atom is -0.490 e. The summed E-state index contributed by atoms with van der Waals surface area (Å²) in [7, 11) is 0. The third-order valence-corrected chi connectivity index (χ3v) is 5.41. The maximum absolute atomic E-state index is 13.3. The number of hydrogen-bond acceptors (Lipinski definition) is 6. The molecule has 1 N–H and O–H groups in total. The molecule has 5 rings (SSSR count). The van der Waals surface area contributed by atoms with Crippen molar-refractivity contribution in [2.75, 3.05) is 5.32 Å². The molecule has 4 aromatic rings. The van der Waals surface area contributed by atoms with E-state index in [1.54, 1.807) is 24.8 Å². The minimum atomic E-state index is -0.286. The van der Waals surface area contributed by atoms with Gasteiger partial charge in [-0.25, -0.2) is 4.98 Å². The normalized spacial score (nSPS) is 16.2. The fourth-order valence-electron chi connectivity index (χ4n) is 3.79. The van der Waals surface area contributed by atoms with Crippen molar-refractivity contribution in [3.05, 3.63) is 72.8 Å². The smallest absolute Gasteiger partial charge is 0.260 e. The molecular formula is C24H22N6O2. The molecule has 2 bridgehead atoms. The van der Waals surface area contributed by atoms with Gasteiger partial charge in [0.2, 0.25) is 0 Å². The first-order valence-electron chi connectivity index (χ1n) is 10.5. The van der Waals surface area contributed by atoms with Gasteiger partial charge in [-0.1, -0.05) is 12.1 Å². The summed E-state index contributed by atoms with van der Waals surface area (Å²) in [6.07, 6.45) is 6.80. The van der Waals surface area contributed by atoms with E-state index in [2.05, 4.69) is 25.5 Å². The number of aromatic nitrogens is 5. The van der Waals surface area contributed by atoms with Crippen molar-refractivity contribution in [2.45, 2.75) is 32.4 Å².